The van der Waals surface area contributed by atoms with Gasteiger partial charge in [0.2, 0.25) is 5.91 Å². The Bertz CT molecular complexity index is 808. The first-order valence-corrected chi connectivity index (χ1v) is 7.93. The summed E-state index contributed by atoms with van der Waals surface area (Å²) in [4.78, 5) is 28.8. The van der Waals surface area contributed by atoms with E-state index in [-0.39, 0.29) is 11.8 Å². The van der Waals surface area contributed by atoms with Gasteiger partial charge in [-0.2, -0.15) is 5.10 Å². The van der Waals surface area contributed by atoms with Crippen molar-refractivity contribution in [3.63, 3.8) is 0 Å². The summed E-state index contributed by atoms with van der Waals surface area (Å²) in [7, 11) is 0. The van der Waals surface area contributed by atoms with Gasteiger partial charge in [0.15, 0.2) is 0 Å². The van der Waals surface area contributed by atoms with Crippen molar-refractivity contribution in [1.29, 1.82) is 0 Å². The molecule has 1 unspecified atom stereocenters. The van der Waals surface area contributed by atoms with Crippen LogP contribution in [0.3, 0.4) is 0 Å². The molecule has 2 amide bonds. The van der Waals surface area contributed by atoms with E-state index in [4.69, 9.17) is 0 Å². The average Bonchev–Trinajstić information content (AvgIpc) is 3.21. The lowest BCUT2D eigenvalue weighted by molar-refractivity contribution is -0.123. The molecule has 0 aliphatic carbocycles. The van der Waals surface area contributed by atoms with Crippen LogP contribution in [-0.2, 0) is 9.59 Å². The SMILES string of the molecule is O=C1CCC(C(=O)N2CCC(c3c[nH]c4ccccc34)C2)=NN1. The molecule has 0 spiro atoms. The number of hydrazone groups is 1. The van der Waals surface area contributed by atoms with Crippen LogP contribution in [0, 0.1) is 0 Å². The fraction of sp³-hybridized carbons (Fsp3) is 0.353. The highest BCUT2D eigenvalue weighted by Gasteiger charge is 2.31. The molecule has 1 fully saturated rings. The maximum Gasteiger partial charge on any atom is 0.270 e. The van der Waals surface area contributed by atoms with Crippen molar-refractivity contribution >= 4 is 28.4 Å². The number of carbonyl (C=O) groups is 2. The number of aromatic nitrogens is 1. The number of carbonyl (C=O) groups excluding carboxylic acids is 2. The molecule has 2 aromatic rings. The summed E-state index contributed by atoms with van der Waals surface area (Å²) in [5.41, 5.74) is 5.26. The Morgan fingerprint density at radius 2 is 2.13 bits per heavy atom. The number of likely N-dealkylation sites (tertiary alicyclic amines) is 1. The van der Waals surface area contributed by atoms with Crippen molar-refractivity contribution in [2.75, 3.05) is 13.1 Å². The lowest BCUT2D eigenvalue weighted by atomic mass is 9.98. The molecule has 3 heterocycles. The molecule has 1 aromatic carbocycles. The number of hydrogen-bond donors (Lipinski definition) is 2. The van der Waals surface area contributed by atoms with Gasteiger partial charge in [0.1, 0.15) is 5.71 Å². The second kappa shape index (κ2) is 5.53. The number of benzene rings is 1. The fourth-order valence-corrected chi connectivity index (χ4v) is 3.44. The van der Waals surface area contributed by atoms with Crippen LogP contribution in [0.4, 0.5) is 0 Å². The Labute approximate surface area is 133 Å². The molecule has 0 bridgehead atoms. The van der Waals surface area contributed by atoms with E-state index < -0.39 is 0 Å². The predicted molar refractivity (Wildman–Crippen MR) is 87.0 cm³/mol. The number of para-hydroxylation sites is 1. The van der Waals surface area contributed by atoms with E-state index in [0.29, 0.717) is 31.0 Å². The fourth-order valence-electron chi connectivity index (χ4n) is 3.44. The minimum absolute atomic E-state index is 0.0488. The van der Waals surface area contributed by atoms with Crippen molar-refractivity contribution in [2.24, 2.45) is 5.10 Å². The van der Waals surface area contributed by atoms with Gasteiger partial charge in [-0.25, -0.2) is 5.43 Å². The van der Waals surface area contributed by atoms with Crippen LogP contribution in [0.15, 0.2) is 35.6 Å². The van der Waals surface area contributed by atoms with E-state index >= 15 is 0 Å². The molecule has 1 atom stereocenters. The van der Waals surface area contributed by atoms with Gasteiger partial charge >= 0.3 is 0 Å². The molecule has 1 aromatic heterocycles. The highest BCUT2D eigenvalue weighted by molar-refractivity contribution is 6.39. The lowest BCUT2D eigenvalue weighted by Gasteiger charge is -2.19. The Balaban J connectivity index is 1.51. The summed E-state index contributed by atoms with van der Waals surface area (Å²) in [5, 5.41) is 5.14. The maximum atomic E-state index is 12.5. The van der Waals surface area contributed by atoms with E-state index in [9.17, 15) is 9.59 Å². The third kappa shape index (κ3) is 2.50. The van der Waals surface area contributed by atoms with Gasteiger partial charge in [-0.1, -0.05) is 18.2 Å². The highest BCUT2D eigenvalue weighted by atomic mass is 16.2. The quantitative estimate of drug-likeness (QED) is 0.886. The highest BCUT2D eigenvalue weighted by Crippen LogP contribution is 2.32. The second-order valence-corrected chi connectivity index (χ2v) is 6.12. The summed E-state index contributed by atoms with van der Waals surface area (Å²) in [5.74, 6) is 0.167. The molecule has 2 N–H and O–H groups in total. The lowest BCUT2D eigenvalue weighted by Crippen LogP contribution is -2.38. The summed E-state index contributed by atoms with van der Waals surface area (Å²) in [6.45, 7) is 1.43. The normalized spacial score (nSPS) is 21.4. The minimum atomic E-state index is -0.125. The summed E-state index contributed by atoms with van der Waals surface area (Å²) in [6.07, 6.45) is 3.78. The van der Waals surface area contributed by atoms with Crippen molar-refractivity contribution in [2.45, 2.75) is 25.2 Å². The molecule has 6 nitrogen and oxygen atoms in total. The molecule has 23 heavy (non-hydrogen) atoms. The van der Waals surface area contributed by atoms with Gasteiger partial charge in [0.05, 0.1) is 0 Å². The van der Waals surface area contributed by atoms with Gasteiger partial charge in [-0.15, -0.1) is 0 Å². The van der Waals surface area contributed by atoms with E-state index in [0.717, 1.165) is 18.5 Å². The Hall–Kier alpha value is -2.63. The number of nitrogens with zero attached hydrogens (tertiary/aromatic N) is 2. The molecule has 0 radical (unpaired) electrons. The number of hydrogen-bond acceptors (Lipinski definition) is 3. The van der Waals surface area contributed by atoms with Gasteiger partial charge in [0, 0.05) is 48.9 Å². The molecule has 0 saturated carbocycles. The molecule has 6 heteroatoms. The zero-order chi connectivity index (χ0) is 15.8. The number of aromatic amines is 1. The second-order valence-electron chi connectivity index (χ2n) is 6.12. The summed E-state index contributed by atoms with van der Waals surface area (Å²) >= 11 is 0. The van der Waals surface area contributed by atoms with E-state index in [1.54, 1.807) is 0 Å². The molecule has 2 aliphatic rings. The number of amides is 2. The van der Waals surface area contributed by atoms with Crippen LogP contribution in [0.1, 0.15) is 30.7 Å². The monoisotopic (exact) mass is 310 g/mol. The van der Waals surface area contributed by atoms with Crippen molar-refractivity contribution in [3.05, 3.63) is 36.0 Å². The van der Waals surface area contributed by atoms with Gasteiger partial charge in [0.25, 0.3) is 5.91 Å². The number of nitrogens with one attached hydrogen (secondary N) is 2. The maximum absolute atomic E-state index is 12.5. The Kier molecular flexibility index (Phi) is 3.37. The van der Waals surface area contributed by atoms with Crippen LogP contribution in [0.25, 0.3) is 10.9 Å². The first kappa shape index (κ1) is 14.0. The third-order valence-electron chi connectivity index (χ3n) is 4.69. The van der Waals surface area contributed by atoms with Gasteiger partial charge in [-0.3, -0.25) is 9.59 Å². The zero-order valence-corrected chi connectivity index (χ0v) is 12.7. The van der Waals surface area contributed by atoms with Crippen LogP contribution in [0.2, 0.25) is 0 Å². The standard InChI is InChI=1S/C17H18N4O2/c22-16-6-5-15(19-20-16)17(23)21-8-7-11(10-21)13-9-18-14-4-2-1-3-12(13)14/h1-4,9,11,18H,5-8,10H2,(H,20,22). The minimum Gasteiger partial charge on any atom is -0.361 e. The molecular weight excluding hydrogens is 292 g/mol. The van der Waals surface area contributed by atoms with Crippen molar-refractivity contribution in [3.8, 4) is 0 Å². The number of fused-ring (bicyclic) bond motifs is 1. The van der Waals surface area contributed by atoms with E-state index in [1.807, 2.05) is 17.0 Å². The van der Waals surface area contributed by atoms with Crippen LogP contribution < -0.4 is 5.43 Å². The molecular formula is C17H18N4O2. The first-order valence-electron chi connectivity index (χ1n) is 7.93. The summed E-state index contributed by atoms with van der Waals surface area (Å²) in [6, 6.07) is 8.24. The smallest absolute Gasteiger partial charge is 0.270 e. The van der Waals surface area contributed by atoms with E-state index in [2.05, 4.69) is 33.8 Å². The van der Waals surface area contributed by atoms with Crippen molar-refractivity contribution < 1.29 is 9.59 Å². The van der Waals surface area contributed by atoms with Crippen LogP contribution >= 0.6 is 0 Å². The van der Waals surface area contributed by atoms with Gasteiger partial charge < -0.3 is 9.88 Å². The predicted octanol–water partition coefficient (Wildman–Crippen LogP) is 1.75. The Morgan fingerprint density at radius 1 is 1.26 bits per heavy atom. The van der Waals surface area contributed by atoms with Crippen LogP contribution in [-0.4, -0.2) is 40.5 Å². The van der Waals surface area contributed by atoms with Crippen LogP contribution in [0.5, 0.6) is 0 Å². The zero-order valence-electron chi connectivity index (χ0n) is 12.7. The number of H-pyrrole nitrogens is 1. The van der Waals surface area contributed by atoms with E-state index in [1.165, 1.54) is 10.9 Å². The first-order chi connectivity index (χ1) is 11.2. The molecule has 2 aliphatic heterocycles. The number of rotatable bonds is 2. The third-order valence-corrected chi connectivity index (χ3v) is 4.69. The van der Waals surface area contributed by atoms with Gasteiger partial charge in [-0.05, 0) is 18.1 Å². The Morgan fingerprint density at radius 3 is 2.96 bits per heavy atom. The molecule has 4 rings (SSSR count). The average molecular weight is 310 g/mol. The largest absolute Gasteiger partial charge is 0.361 e. The topological polar surface area (TPSA) is 77.6 Å². The van der Waals surface area contributed by atoms with Crippen molar-refractivity contribution in [1.82, 2.24) is 15.3 Å². The molecule has 1 saturated heterocycles. The summed E-state index contributed by atoms with van der Waals surface area (Å²) < 4.78 is 0. The molecule has 118 valence electrons.